The Morgan fingerprint density at radius 3 is 2.80 bits per heavy atom. The first-order valence-corrected chi connectivity index (χ1v) is 6.68. The van der Waals surface area contributed by atoms with E-state index in [9.17, 15) is 9.18 Å². The van der Waals surface area contributed by atoms with Crippen LogP contribution in [0.5, 0.6) is 0 Å². The van der Waals surface area contributed by atoms with Crippen molar-refractivity contribution in [3.63, 3.8) is 0 Å². The number of amides is 1. The summed E-state index contributed by atoms with van der Waals surface area (Å²) in [6.45, 7) is 0. The van der Waals surface area contributed by atoms with Crippen molar-refractivity contribution in [3.05, 3.63) is 45.8 Å². The number of hydrogen-bond donors (Lipinski definition) is 2. The van der Waals surface area contributed by atoms with E-state index in [1.165, 1.54) is 23.0 Å². The van der Waals surface area contributed by atoms with E-state index in [0.717, 1.165) is 6.07 Å². The van der Waals surface area contributed by atoms with Crippen molar-refractivity contribution in [2.75, 3.05) is 5.32 Å². The molecule has 8 heteroatoms. The Hall–Kier alpha value is -1.80. The number of carbonyl (C=O) groups is 1. The number of benzene rings is 1. The second-order valence-corrected chi connectivity index (χ2v) is 5.36. The maximum absolute atomic E-state index is 13.3. The van der Waals surface area contributed by atoms with Crippen LogP contribution < -0.4 is 11.1 Å². The Bertz CT molecular complexity index is 681. The maximum Gasteiger partial charge on any atom is 0.256 e. The zero-order chi connectivity index (χ0) is 14.9. The number of nitrogens with zero attached hydrogens (tertiary/aromatic N) is 2. The fourth-order valence-corrected chi connectivity index (χ4v) is 2.25. The number of thiocarbonyl (C=S) groups is 1. The van der Waals surface area contributed by atoms with Crippen molar-refractivity contribution in [1.82, 2.24) is 9.78 Å². The Labute approximate surface area is 128 Å². The predicted molar refractivity (Wildman–Crippen MR) is 81.1 cm³/mol. The van der Waals surface area contributed by atoms with E-state index in [2.05, 4.69) is 26.3 Å². The fourth-order valence-electron chi connectivity index (χ4n) is 1.63. The van der Waals surface area contributed by atoms with Crippen LogP contribution in [0.4, 0.5) is 10.2 Å². The molecule has 0 saturated carbocycles. The molecule has 20 heavy (non-hydrogen) atoms. The highest BCUT2D eigenvalue weighted by Gasteiger charge is 2.15. The molecule has 0 unspecified atom stereocenters. The molecule has 0 atom stereocenters. The maximum atomic E-state index is 13.3. The molecule has 1 aromatic carbocycles. The van der Waals surface area contributed by atoms with Gasteiger partial charge in [-0.25, -0.2) is 4.39 Å². The van der Waals surface area contributed by atoms with Crippen molar-refractivity contribution >= 4 is 44.9 Å². The zero-order valence-corrected chi connectivity index (χ0v) is 12.8. The number of rotatable bonds is 3. The minimum absolute atomic E-state index is 0.119. The Morgan fingerprint density at radius 1 is 1.50 bits per heavy atom. The molecule has 0 radical (unpaired) electrons. The summed E-state index contributed by atoms with van der Waals surface area (Å²) < 4.78 is 15.2. The third-order valence-corrected chi connectivity index (χ3v) is 3.24. The van der Waals surface area contributed by atoms with Gasteiger partial charge in [0.2, 0.25) is 0 Å². The van der Waals surface area contributed by atoms with Crippen LogP contribution in [0.25, 0.3) is 0 Å². The van der Waals surface area contributed by atoms with Gasteiger partial charge in [-0.3, -0.25) is 9.48 Å². The van der Waals surface area contributed by atoms with Crippen LogP contribution in [0.1, 0.15) is 15.9 Å². The third-order valence-electron chi connectivity index (χ3n) is 2.56. The van der Waals surface area contributed by atoms with Crippen molar-refractivity contribution in [2.45, 2.75) is 0 Å². The molecule has 3 N–H and O–H groups in total. The molecule has 0 bridgehead atoms. The minimum Gasteiger partial charge on any atom is -0.389 e. The molecule has 1 heterocycles. The van der Waals surface area contributed by atoms with Gasteiger partial charge < -0.3 is 11.1 Å². The molecule has 104 valence electrons. The lowest BCUT2D eigenvalue weighted by atomic mass is 10.2. The number of nitrogens with two attached hydrogens (primary N) is 1. The molecular weight excluding hydrogens is 347 g/mol. The average Bonchev–Trinajstić information content (AvgIpc) is 2.70. The summed E-state index contributed by atoms with van der Waals surface area (Å²) in [4.78, 5) is 12.2. The standard InChI is InChI=1S/C12H10BrFN4OS/c1-18-11(9(5-16-18)10(15)20)17-12(19)6-2-7(13)4-8(14)3-6/h2-5H,1H3,(H2,15,20)(H,17,19). The fraction of sp³-hybridized carbons (Fsp3) is 0.0833. The van der Waals surface area contributed by atoms with Gasteiger partial charge in [0.05, 0.1) is 11.8 Å². The molecule has 0 spiro atoms. The van der Waals surface area contributed by atoms with E-state index < -0.39 is 11.7 Å². The Morgan fingerprint density at radius 2 is 2.20 bits per heavy atom. The topological polar surface area (TPSA) is 72.9 Å². The normalized spacial score (nSPS) is 10.3. The summed E-state index contributed by atoms with van der Waals surface area (Å²) in [7, 11) is 1.64. The quantitative estimate of drug-likeness (QED) is 0.827. The van der Waals surface area contributed by atoms with Crippen LogP contribution in [0.15, 0.2) is 28.9 Å². The zero-order valence-electron chi connectivity index (χ0n) is 10.4. The average molecular weight is 357 g/mol. The smallest absolute Gasteiger partial charge is 0.256 e. The van der Waals surface area contributed by atoms with E-state index in [4.69, 9.17) is 18.0 Å². The lowest BCUT2D eigenvalue weighted by Gasteiger charge is -2.08. The number of hydrogen-bond acceptors (Lipinski definition) is 3. The van der Waals surface area contributed by atoms with Gasteiger partial charge in [0, 0.05) is 17.1 Å². The largest absolute Gasteiger partial charge is 0.389 e. The molecule has 0 aliphatic carbocycles. The summed E-state index contributed by atoms with van der Waals surface area (Å²) in [5, 5.41) is 6.59. The molecule has 5 nitrogen and oxygen atoms in total. The van der Waals surface area contributed by atoms with Gasteiger partial charge in [-0.05, 0) is 18.2 Å². The van der Waals surface area contributed by atoms with Gasteiger partial charge in [0.15, 0.2) is 0 Å². The summed E-state index contributed by atoms with van der Waals surface area (Å²) in [5.74, 6) is -0.627. The molecule has 0 fully saturated rings. The first-order valence-electron chi connectivity index (χ1n) is 5.47. The van der Waals surface area contributed by atoms with Crippen LogP contribution in [-0.2, 0) is 7.05 Å². The van der Waals surface area contributed by atoms with Gasteiger partial charge in [-0.2, -0.15) is 5.10 Å². The van der Waals surface area contributed by atoms with Crippen LogP contribution in [0, 0.1) is 5.82 Å². The molecule has 1 amide bonds. The summed E-state index contributed by atoms with van der Waals surface area (Å²) in [6, 6.07) is 3.91. The van der Waals surface area contributed by atoms with Crippen molar-refractivity contribution in [3.8, 4) is 0 Å². The number of carbonyl (C=O) groups excluding carboxylic acids is 1. The van der Waals surface area contributed by atoms with Crippen molar-refractivity contribution in [2.24, 2.45) is 12.8 Å². The lowest BCUT2D eigenvalue weighted by molar-refractivity contribution is 0.102. The second kappa shape index (κ2) is 5.68. The minimum atomic E-state index is -0.510. The molecule has 2 rings (SSSR count). The number of anilines is 1. The van der Waals surface area contributed by atoms with E-state index in [-0.39, 0.29) is 10.6 Å². The predicted octanol–water partition coefficient (Wildman–Crippen LogP) is 2.21. The number of aromatic nitrogens is 2. The van der Waals surface area contributed by atoms with Crippen LogP contribution in [0.2, 0.25) is 0 Å². The first-order chi connectivity index (χ1) is 9.38. The van der Waals surface area contributed by atoms with Gasteiger partial charge in [-0.15, -0.1) is 0 Å². The molecule has 1 aromatic heterocycles. The van der Waals surface area contributed by atoms with Crippen LogP contribution >= 0.6 is 28.1 Å². The molecule has 0 aliphatic heterocycles. The Balaban J connectivity index is 2.32. The number of halogens is 2. The molecule has 0 aliphatic rings. The van der Waals surface area contributed by atoms with Gasteiger partial charge in [-0.1, -0.05) is 28.1 Å². The highest BCUT2D eigenvalue weighted by atomic mass is 79.9. The molecule has 0 saturated heterocycles. The number of aryl methyl sites for hydroxylation is 1. The molecular formula is C12H10BrFN4OS. The van der Waals surface area contributed by atoms with Gasteiger partial charge >= 0.3 is 0 Å². The monoisotopic (exact) mass is 356 g/mol. The highest BCUT2D eigenvalue weighted by Crippen LogP contribution is 2.18. The lowest BCUT2D eigenvalue weighted by Crippen LogP contribution is -2.19. The van der Waals surface area contributed by atoms with E-state index in [0.29, 0.717) is 15.9 Å². The molecule has 2 aromatic rings. The van der Waals surface area contributed by atoms with Crippen molar-refractivity contribution in [1.29, 1.82) is 0 Å². The van der Waals surface area contributed by atoms with E-state index in [1.54, 1.807) is 7.05 Å². The van der Waals surface area contributed by atoms with Crippen LogP contribution in [-0.4, -0.2) is 20.7 Å². The number of nitrogens with one attached hydrogen (secondary N) is 1. The summed E-state index contributed by atoms with van der Waals surface area (Å²) >= 11 is 8.01. The van der Waals surface area contributed by atoms with Gasteiger partial charge in [0.1, 0.15) is 16.6 Å². The summed E-state index contributed by atoms with van der Waals surface area (Å²) in [6.07, 6.45) is 1.46. The van der Waals surface area contributed by atoms with E-state index >= 15 is 0 Å². The Kier molecular flexibility index (Phi) is 4.15. The van der Waals surface area contributed by atoms with Crippen molar-refractivity contribution < 1.29 is 9.18 Å². The third kappa shape index (κ3) is 3.02. The van der Waals surface area contributed by atoms with Crippen LogP contribution in [0.3, 0.4) is 0 Å². The highest BCUT2D eigenvalue weighted by molar-refractivity contribution is 9.10. The first kappa shape index (κ1) is 14.6. The summed E-state index contributed by atoms with van der Waals surface area (Å²) in [5.41, 5.74) is 6.17. The van der Waals surface area contributed by atoms with E-state index in [1.807, 2.05) is 0 Å². The van der Waals surface area contributed by atoms with Gasteiger partial charge in [0.25, 0.3) is 5.91 Å². The second-order valence-electron chi connectivity index (χ2n) is 4.01. The SMILES string of the molecule is Cn1ncc(C(N)=S)c1NC(=O)c1cc(F)cc(Br)c1.